The topological polar surface area (TPSA) is 101 Å². The van der Waals surface area contributed by atoms with Crippen molar-refractivity contribution in [2.24, 2.45) is 5.92 Å². The summed E-state index contributed by atoms with van der Waals surface area (Å²) in [4.78, 5) is 2.26. The van der Waals surface area contributed by atoms with E-state index in [1.165, 1.54) is 24.1 Å². The minimum Gasteiger partial charge on any atom is -0.368 e. The van der Waals surface area contributed by atoms with E-state index in [1.807, 2.05) is 6.07 Å². The average molecular weight is 401 g/mol. The van der Waals surface area contributed by atoms with Gasteiger partial charge in [0.25, 0.3) is 0 Å². The predicted molar refractivity (Wildman–Crippen MR) is 106 cm³/mol. The van der Waals surface area contributed by atoms with Crippen molar-refractivity contribution in [2.75, 3.05) is 35.6 Å². The van der Waals surface area contributed by atoms with Gasteiger partial charge in [-0.05, 0) is 48.9 Å². The van der Waals surface area contributed by atoms with Crippen molar-refractivity contribution in [3.05, 3.63) is 34.6 Å². The maximum atomic E-state index is 11.8. The lowest BCUT2D eigenvalue weighted by atomic mass is 9.95. The lowest BCUT2D eigenvalue weighted by Crippen LogP contribution is -2.50. The molecule has 4 heterocycles. The number of hydrogen-bond acceptors (Lipinski definition) is 8. The minimum absolute atomic E-state index is 0.0702. The highest BCUT2D eigenvalue weighted by Crippen LogP contribution is 2.27. The normalized spacial score (nSPS) is 20.8. The Labute approximate surface area is 164 Å². The Kier molecular flexibility index (Phi) is 4.41. The SMILES string of the molecule is O=S1(=O)CCc2nnc(NCC3CN(c4cc5c(nn4)CCCC5)C3)cc2C1. The molecule has 0 saturated carbocycles. The molecule has 0 spiro atoms. The molecule has 5 rings (SSSR count). The molecule has 3 aliphatic rings. The molecule has 0 unspecified atom stereocenters. The van der Waals surface area contributed by atoms with Crippen molar-refractivity contribution in [1.29, 1.82) is 0 Å². The number of anilines is 2. The highest BCUT2D eigenvalue weighted by molar-refractivity contribution is 7.90. The van der Waals surface area contributed by atoms with Crippen LogP contribution in [0.15, 0.2) is 12.1 Å². The quantitative estimate of drug-likeness (QED) is 0.816. The fourth-order valence-corrected chi connectivity index (χ4v) is 5.58. The van der Waals surface area contributed by atoms with Crippen LogP contribution in [0.1, 0.15) is 35.4 Å². The molecular formula is C19H24N6O2S. The van der Waals surface area contributed by atoms with E-state index >= 15 is 0 Å². The summed E-state index contributed by atoms with van der Waals surface area (Å²) in [5, 5.41) is 20.5. The average Bonchev–Trinajstić information content (AvgIpc) is 2.65. The van der Waals surface area contributed by atoms with Crippen LogP contribution >= 0.6 is 0 Å². The fourth-order valence-electron chi connectivity index (χ4n) is 4.21. The van der Waals surface area contributed by atoms with Crippen molar-refractivity contribution in [1.82, 2.24) is 20.4 Å². The maximum absolute atomic E-state index is 11.8. The third-order valence-corrected chi connectivity index (χ3v) is 7.47. The van der Waals surface area contributed by atoms with Gasteiger partial charge in [0.15, 0.2) is 15.7 Å². The van der Waals surface area contributed by atoms with E-state index in [1.54, 1.807) is 0 Å². The van der Waals surface area contributed by atoms with Gasteiger partial charge in [-0.15, -0.1) is 10.2 Å². The second-order valence-corrected chi connectivity index (χ2v) is 10.3. The summed E-state index contributed by atoms with van der Waals surface area (Å²) in [7, 11) is -3.00. The smallest absolute Gasteiger partial charge is 0.154 e. The summed E-state index contributed by atoms with van der Waals surface area (Å²) in [6.07, 6.45) is 5.09. The highest BCUT2D eigenvalue weighted by atomic mass is 32.2. The van der Waals surface area contributed by atoms with Crippen LogP contribution in [-0.4, -0.2) is 54.2 Å². The second-order valence-electron chi connectivity index (χ2n) is 8.08. The van der Waals surface area contributed by atoms with Gasteiger partial charge in [0.1, 0.15) is 5.82 Å². The van der Waals surface area contributed by atoms with Crippen molar-refractivity contribution in [2.45, 2.75) is 37.9 Å². The van der Waals surface area contributed by atoms with Crippen molar-refractivity contribution < 1.29 is 8.42 Å². The molecule has 2 aromatic rings. The van der Waals surface area contributed by atoms with Gasteiger partial charge in [0.05, 0.1) is 22.9 Å². The molecule has 1 N–H and O–H groups in total. The molecule has 0 atom stereocenters. The first-order chi connectivity index (χ1) is 13.6. The number of nitrogens with one attached hydrogen (secondary N) is 1. The molecule has 2 aliphatic heterocycles. The van der Waals surface area contributed by atoms with Crippen molar-refractivity contribution >= 4 is 21.5 Å². The first-order valence-electron chi connectivity index (χ1n) is 9.96. The van der Waals surface area contributed by atoms with Crippen LogP contribution in [0.25, 0.3) is 0 Å². The summed E-state index contributed by atoms with van der Waals surface area (Å²) < 4.78 is 23.6. The Morgan fingerprint density at radius 1 is 0.964 bits per heavy atom. The van der Waals surface area contributed by atoms with E-state index in [2.05, 4.69) is 36.7 Å². The van der Waals surface area contributed by atoms with E-state index < -0.39 is 9.84 Å². The number of aromatic nitrogens is 4. The summed E-state index contributed by atoms with van der Waals surface area (Å²) in [6, 6.07) is 4.05. The number of hydrogen-bond donors (Lipinski definition) is 1. The number of nitrogens with zero attached hydrogens (tertiary/aromatic N) is 5. The van der Waals surface area contributed by atoms with Crippen LogP contribution in [0.2, 0.25) is 0 Å². The van der Waals surface area contributed by atoms with Crippen LogP contribution in [0, 0.1) is 5.92 Å². The molecular weight excluding hydrogens is 376 g/mol. The van der Waals surface area contributed by atoms with Crippen LogP contribution in [-0.2, 0) is 34.9 Å². The summed E-state index contributed by atoms with van der Waals surface area (Å²) in [5.74, 6) is 2.38. The first kappa shape index (κ1) is 17.8. The monoisotopic (exact) mass is 400 g/mol. The Bertz CT molecular complexity index is 1000. The predicted octanol–water partition coefficient (Wildman–Crippen LogP) is 1.16. The van der Waals surface area contributed by atoms with Gasteiger partial charge in [0, 0.05) is 32.0 Å². The van der Waals surface area contributed by atoms with Crippen LogP contribution in [0.5, 0.6) is 0 Å². The van der Waals surface area contributed by atoms with Gasteiger partial charge in [0.2, 0.25) is 0 Å². The maximum Gasteiger partial charge on any atom is 0.154 e. The molecule has 0 aromatic carbocycles. The Morgan fingerprint density at radius 2 is 1.75 bits per heavy atom. The van der Waals surface area contributed by atoms with Crippen molar-refractivity contribution in [3.63, 3.8) is 0 Å². The molecule has 1 saturated heterocycles. The zero-order chi connectivity index (χ0) is 19.1. The van der Waals surface area contributed by atoms with Crippen LogP contribution < -0.4 is 10.2 Å². The van der Waals surface area contributed by atoms with E-state index in [0.717, 1.165) is 49.6 Å². The summed E-state index contributed by atoms with van der Waals surface area (Å²) in [6.45, 7) is 2.66. The van der Waals surface area contributed by atoms with E-state index in [4.69, 9.17) is 0 Å². The van der Waals surface area contributed by atoms with Crippen LogP contribution in [0.3, 0.4) is 0 Å². The van der Waals surface area contributed by atoms with Gasteiger partial charge in [-0.2, -0.15) is 10.2 Å². The molecule has 0 amide bonds. The number of fused-ring (bicyclic) bond motifs is 2. The van der Waals surface area contributed by atoms with Gasteiger partial charge in [-0.1, -0.05) is 0 Å². The largest absolute Gasteiger partial charge is 0.368 e. The molecule has 148 valence electrons. The lowest BCUT2D eigenvalue weighted by Gasteiger charge is -2.40. The lowest BCUT2D eigenvalue weighted by molar-refractivity contribution is 0.424. The Hall–Kier alpha value is -2.29. The van der Waals surface area contributed by atoms with Gasteiger partial charge in [-0.25, -0.2) is 8.42 Å². The number of rotatable bonds is 4. The van der Waals surface area contributed by atoms with Gasteiger partial charge in [-0.3, -0.25) is 0 Å². The third kappa shape index (κ3) is 3.55. The molecule has 0 radical (unpaired) electrons. The Morgan fingerprint density at radius 3 is 2.64 bits per heavy atom. The highest BCUT2D eigenvalue weighted by Gasteiger charge is 2.29. The van der Waals surface area contributed by atoms with E-state index in [9.17, 15) is 8.42 Å². The number of sulfone groups is 1. The molecule has 0 bridgehead atoms. The standard InChI is InChI=1S/C19H24N6O2S/c26-28(27)6-5-17-15(12-28)7-18(23-21-17)20-9-13-10-25(11-13)19-8-14-3-1-2-4-16(14)22-24-19/h7-8,13H,1-6,9-12H2,(H,20,23). The molecule has 1 aliphatic carbocycles. The molecule has 9 heteroatoms. The second kappa shape index (κ2) is 6.95. The summed E-state index contributed by atoms with van der Waals surface area (Å²) in [5.41, 5.74) is 4.11. The minimum atomic E-state index is -3.00. The third-order valence-electron chi connectivity index (χ3n) is 5.90. The molecule has 1 fully saturated rings. The molecule has 28 heavy (non-hydrogen) atoms. The van der Waals surface area contributed by atoms with E-state index in [0.29, 0.717) is 18.2 Å². The zero-order valence-corrected chi connectivity index (χ0v) is 16.6. The van der Waals surface area contributed by atoms with Gasteiger partial charge < -0.3 is 10.2 Å². The first-order valence-corrected chi connectivity index (χ1v) is 11.8. The number of aryl methyl sites for hydroxylation is 3. The molecule has 8 nitrogen and oxygen atoms in total. The summed E-state index contributed by atoms with van der Waals surface area (Å²) >= 11 is 0. The zero-order valence-electron chi connectivity index (χ0n) is 15.8. The Balaban J connectivity index is 1.17. The van der Waals surface area contributed by atoms with Crippen molar-refractivity contribution in [3.8, 4) is 0 Å². The molecule has 2 aromatic heterocycles. The van der Waals surface area contributed by atoms with Gasteiger partial charge >= 0.3 is 0 Å². The van der Waals surface area contributed by atoms with E-state index in [-0.39, 0.29) is 11.5 Å². The van der Waals surface area contributed by atoms with Crippen LogP contribution in [0.4, 0.5) is 11.6 Å². The fraction of sp³-hybridized carbons (Fsp3) is 0.579.